The molecule has 0 saturated heterocycles. The molecule has 0 N–H and O–H groups in total. The normalized spacial score (nSPS) is 15.7. The van der Waals surface area contributed by atoms with Crippen molar-refractivity contribution >= 4 is 0 Å². The molecule has 15 heavy (non-hydrogen) atoms. The van der Waals surface area contributed by atoms with Crippen LogP contribution < -0.4 is 0 Å². The zero-order valence-corrected chi connectivity index (χ0v) is 7.31. The maximum absolute atomic E-state index is 12.4. The highest BCUT2D eigenvalue weighted by molar-refractivity contribution is 5.12. The molecule has 0 heterocycles. The van der Waals surface area contributed by atoms with Crippen LogP contribution in [0.15, 0.2) is 11.9 Å². The van der Waals surface area contributed by atoms with Crippen molar-refractivity contribution in [2.24, 2.45) is 0 Å². The minimum Gasteiger partial charge on any atom is -0.205 e. The highest BCUT2D eigenvalue weighted by Crippen LogP contribution is 2.50. The minimum absolute atomic E-state index is 0.0281. The van der Waals surface area contributed by atoms with Crippen molar-refractivity contribution in [2.45, 2.75) is 31.4 Å². The Morgan fingerprint density at radius 1 is 1.00 bits per heavy atom. The van der Waals surface area contributed by atoms with Crippen molar-refractivity contribution < 1.29 is 35.1 Å². The van der Waals surface area contributed by atoms with E-state index in [1.54, 1.807) is 0 Å². The van der Waals surface area contributed by atoms with Crippen molar-refractivity contribution in [3.8, 4) is 0 Å². The quantitative estimate of drug-likeness (QED) is 0.654. The SMILES string of the molecule is CCC=C(F)C(F)(F)C(F)(F)C(F)(F)F. The van der Waals surface area contributed by atoms with Gasteiger partial charge in [-0.25, -0.2) is 4.39 Å². The molecule has 8 heteroatoms. The monoisotopic (exact) mass is 242 g/mol. The molecule has 0 aromatic rings. The average Bonchev–Trinajstić information content (AvgIpc) is 2.02. The third kappa shape index (κ3) is 2.40. The maximum Gasteiger partial charge on any atom is 0.460 e. The highest BCUT2D eigenvalue weighted by atomic mass is 19.4. The van der Waals surface area contributed by atoms with Crippen LogP contribution in [0.5, 0.6) is 0 Å². The number of hydrogen-bond donors (Lipinski definition) is 0. The second-order valence-electron chi connectivity index (χ2n) is 2.61. The first-order valence-electron chi connectivity index (χ1n) is 3.67. The molecule has 0 aliphatic carbocycles. The Bertz CT molecular complexity index is 248. The fourth-order valence-corrected chi connectivity index (χ4v) is 0.635. The van der Waals surface area contributed by atoms with Gasteiger partial charge in [0.15, 0.2) is 5.83 Å². The van der Waals surface area contributed by atoms with E-state index in [0.29, 0.717) is 0 Å². The predicted molar refractivity (Wildman–Crippen MR) is 35.4 cm³/mol. The van der Waals surface area contributed by atoms with Crippen LogP contribution in [0.1, 0.15) is 13.3 Å². The minimum atomic E-state index is -6.50. The molecule has 0 rings (SSSR count). The fraction of sp³-hybridized carbons (Fsp3) is 0.714. The van der Waals surface area contributed by atoms with Crippen LogP contribution in [-0.2, 0) is 0 Å². The smallest absolute Gasteiger partial charge is 0.205 e. The number of allylic oxidation sites excluding steroid dienone is 2. The van der Waals surface area contributed by atoms with Crippen LogP contribution in [0.2, 0.25) is 0 Å². The largest absolute Gasteiger partial charge is 0.460 e. The van der Waals surface area contributed by atoms with E-state index in [2.05, 4.69) is 0 Å². The summed E-state index contributed by atoms with van der Waals surface area (Å²) in [5, 5.41) is 0. The fourth-order valence-electron chi connectivity index (χ4n) is 0.635. The van der Waals surface area contributed by atoms with E-state index in [4.69, 9.17) is 0 Å². The maximum atomic E-state index is 12.4. The molecule has 0 atom stereocenters. The molecular formula is C7H6F8. The molecule has 0 bridgehead atoms. The van der Waals surface area contributed by atoms with Gasteiger partial charge in [-0.15, -0.1) is 0 Å². The standard InChI is InChI=1S/C7H6F8/c1-2-3-4(8)5(9,10)6(11,12)7(13,14)15/h3H,2H2,1H3. The van der Waals surface area contributed by atoms with E-state index >= 15 is 0 Å². The lowest BCUT2D eigenvalue weighted by Gasteiger charge is -2.26. The topological polar surface area (TPSA) is 0 Å². The van der Waals surface area contributed by atoms with Gasteiger partial charge in [-0.2, -0.15) is 30.7 Å². The molecule has 0 spiro atoms. The summed E-state index contributed by atoms with van der Waals surface area (Å²) in [5.74, 6) is -15.1. The van der Waals surface area contributed by atoms with Crippen LogP contribution >= 0.6 is 0 Å². The van der Waals surface area contributed by atoms with Gasteiger partial charge in [0.1, 0.15) is 0 Å². The zero-order chi connectivity index (χ0) is 12.5. The Morgan fingerprint density at radius 3 is 1.67 bits per heavy atom. The number of rotatable bonds is 3. The van der Waals surface area contributed by atoms with Crippen LogP contribution in [-0.4, -0.2) is 18.0 Å². The van der Waals surface area contributed by atoms with Gasteiger partial charge in [-0.05, 0) is 12.5 Å². The average molecular weight is 242 g/mol. The van der Waals surface area contributed by atoms with Gasteiger partial charge in [0.25, 0.3) is 0 Å². The van der Waals surface area contributed by atoms with Crippen molar-refractivity contribution in [3.63, 3.8) is 0 Å². The Hall–Kier alpha value is -0.820. The van der Waals surface area contributed by atoms with Gasteiger partial charge < -0.3 is 0 Å². The van der Waals surface area contributed by atoms with Gasteiger partial charge in [0.05, 0.1) is 0 Å². The van der Waals surface area contributed by atoms with E-state index in [9.17, 15) is 35.1 Å². The van der Waals surface area contributed by atoms with E-state index < -0.39 is 30.3 Å². The highest BCUT2D eigenvalue weighted by Gasteiger charge is 2.74. The Balaban J connectivity index is 5.28. The Morgan fingerprint density at radius 2 is 1.40 bits per heavy atom. The lowest BCUT2D eigenvalue weighted by molar-refractivity contribution is -0.347. The summed E-state index contributed by atoms with van der Waals surface area (Å²) >= 11 is 0. The lowest BCUT2D eigenvalue weighted by Crippen LogP contribution is -2.52. The lowest BCUT2D eigenvalue weighted by atomic mass is 10.1. The second kappa shape index (κ2) is 3.97. The summed E-state index contributed by atoms with van der Waals surface area (Å²) in [6.45, 7) is 1.11. The van der Waals surface area contributed by atoms with Crippen molar-refractivity contribution in [2.75, 3.05) is 0 Å². The number of alkyl halides is 7. The molecule has 0 nitrogen and oxygen atoms in total. The van der Waals surface area contributed by atoms with E-state index in [1.807, 2.05) is 0 Å². The van der Waals surface area contributed by atoms with E-state index in [-0.39, 0.29) is 6.08 Å². The second-order valence-corrected chi connectivity index (χ2v) is 2.61. The molecule has 0 aliphatic heterocycles. The van der Waals surface area contributed by atoms with Gasteiger partial charge in [-0.3, -0.25) is 0 Å². The van der Waals surface area contributed by atoms with Gasteiger partial charge in [0, 0.05) is 0 Å². The molecule has 0 aromatic heterocycles. The van der Waals surface area contributed by atoms with Crippen LogP contribution in [0.3, 0.4) is 0 Å². The molecule has 0 unspecified atom stereocenters. The molecule has 0 aromatic carbocycles. The molecule has 0 saturated carbocycles. The van der Waals surface area contributed by atoms with Gasteiger partial charge in [0.2, 0.25) is 0 Å². The molecule has 0 amide bonds. The third-order valence-electron chi connectivity index (χ3n) is 1.43. The summed E-state index contributed by atoms with van der Waals surface area (Å²) in [4.78, 5) is 0. The summed E-state index contributed by atoms with van der Waals surface area (Å²) in [7, 11) is 0. The van der Waals surface area contributed by atoms with Crippen LogP contribution in [0.4, 0.5) is 35.1 Å². The summed E-state index contributed by atoms with van der Waals surface area (Å²) in [6, 6.07) is 0. The predicted octanol–water partition coefficient (Wildman–Crippen LogP) is 4.08. The number of halogens is 8. The van der Waals surface area contributed by atoms with Gasteiger partial charge in [-0.1, -0.05) is 6.92 Å². The molecular weight excluding hydrogens is 236 g/mol. The van der Waals surface area contributed by atoms with E-state index in [1.165, 1.54) is 0 Å². The first-order valence-corrected chi connectivity index (χ1v) is 3.67. The molecule has 0 fully saturated rings. The molecule has 0 radical (unpaired) electrons. The first-order chi connectivity index (χ1) is 6.48. The van der Waals surface area contributed by atoms with Crippen molar-refractivity contribution in [1.29, 1.82) is 0 Å². The number of hydrogen-bond acceptors (Lipinski definition) is 0. The third-order valence-corrected chi connectivity index (χ3v) is 1.43. The first kappa shape index (κ1) is 14.2. The van der Waals surface area contributed by atoms with Crippen molar-refractivity contribution in [3.05, 3.63) is 11.9 Å². The van der Waals surface area contributed by atoms with E-state index in [0.717, 1.165) is 6.92 Å². The summed E-state index contributed by atoms with van der Waals surface area (Å²) < 4.78 is 95.8. The summed E-state index contributed by atoms with van der Waals surface area (Å²) in [6.07, 6.45) is -6.95. The molecule has 0 aliphatic rings. The van der Waals surface area contributed by atoms with Crippen LogP contribution in [0, 0.1) is 0 Å². The van der Waals surface area contributed by atoms with Crippen LogP contribution in [0.25, 0.3) is 0 Å². The summed E-state index contributed by atoms with van der Waals surface area (Å²) in [5.41, 5.74) is 0. The van der Waals surface area contributed by atoms with Gasteiger partial charge >= 0.3 is 18.0 Å². The Labute approximate surface area is 79.6 Å². The van der Waals surface area contributed by atoms with Crippen molar-refractivity contribution in [1.82, 2.24) is 0 Å². The molecule has 90 valence electrons. The Kier molecular flexibility index (Phi) is 3.76. The zero-order valence-electron chi connectivity index (χ0n) is 7.31.